The Morgan fingerprint density at radius 1 is 1.42 bits per heavy atom. The molecule has 0 amide bonds. The second-order valence-electron chi connectivity index (χ2n) is 2.28. The zero-order chi connectivity index (χ0) is 8.39. The molecule has 0 spiro atoms. The maximum absolute atomic E-state index is 5.22. The van der Waals surface area contributed by atoms with Gasteiger partial charge in [0.25, 0.3) is 0 Å². The SMILES string of the molecule is NNc1nncc2cccnc12. The van der Waals surface area contributed by atoms with E-state index >= 15 is 0 Å². The Labute approximate surface area is 68.6 Å². The maximum Gasteiger partial charge on any atom is 0.189 e. The number of hydrogen-bond acceptors (Lipinski definition) is 5. The van der Waals surface area contributed by atoms with Gasteiger partial charge in [-0.1, -0.05) is 0 Å². The Morgan fingerprint density at radius 2 is 2.33 bits per heavy atom. The van der Waals surface area contributed by atoms with Crippen LogP contribution in [0.5, 0.6) is 0 Å². The smallest absolute Gasteiger partial charge is 0.189 e. The van der Waals surface area contributed by atoms with E-state index in [1.54, 1.807) is 12.4 Å². The van der Waals surface area contributed by atoms with Crippen molar-refractivity contribution in [3.8, 4) is 0 Å². The average molecular weight is 161 g/mol. The number of fused-ring (bicyclic) bond motifs is 1. The van der Waals surface area contributed by atoms with Gasteiger partial charge in [-0.3, -0.25) is 4.98 Å². The molecule has 5 nitrogen and oxygen atoms in total. The third kappa shape index (κ3) is 0.960. The molecule has 2 heterocycles. The molecular weight excluding hydrogens is 154 g/mol. The summed E-state index contributed by atoms with van der Waals surface area (Å²) in [6.07, 6.45) is 3.33. The summed E-state index contributed by atoms with van der Waals surface area (Å²) >= 11 is 0. The first kappa shape index (κ1) is 6.93. The Kier molecular flexibility index (Phi) is 1.56. The number of nitrogens with zero attached hydrogens (tertiary/aromatic N) is 3. The van der Waals surface area contributed by atoms with Crippen molar-refractivity contribution in [1.82, 2.24) is 15.2 Å². The quantitative estimate of drug-likeness (QED) is 0.465. The molecule has 0 saturated heterocycles. The lowest BCUT2D eigenvalue weighted by Crippen LogP contribution is -2.10. The van der Waals surface area contributed by atoms with Crippen LogP contribution < -0.4 is 11.3 Å². The monoisotopic (exact) mass is 161 g/mol. The van der Waals surface area contributed by atoms with Gasteiger partial charge in [-0.2, -0.15) is 5.10 Å². The third-order valence-electron chi connectivity index (χ3n) is 1.55. The fraction of sp³-hybridized carbons (Fsp3) is 0. The molecule has 0 aliphatic heterocycles. The van der Waals surface area contributed by atoms with Gasteiger partial charge in [-0.05, 0) is 12.1 Å². The number of rotatable bonds is 1. The normalized spacial score (nSPS) is 10.1. The molecule has 2 aromatic heterocycles. The van der Waals surface area contributed by atoms with E-state index < -0.39 is 0 Å². The van der Waals surface area contributed by atoms with Crippen LogP contribution in [0, 0.1) is 0 Å². The Hall–Kier alpha value is -1.75. The van der Waals surface area contributed by atoms with Crippen molar-refractivity contribution >= 4 is 16.7 Å². The summed E-state index contributed by atoms with van der Waals surface area (Å²) in [4.78, 5) is 4.11. The van der Waals surface area contributed by atoms with Gasteiger partial charge < -0.3 is 5.43 Å². The molecule has 0 atom stereocenters. The van der Waals surface area contributed by atoms with Crippen LogP contribution in [0.2, 0.25) is 0 Å². The summed E-state index contributed by atoms with van der Waals surface area (Å²) in [5, 5.41) is 8.44. The molecular formula is C7H7N5. The van der Waals surface area contributed by atoms with E-state index in [4.69, 9.17) is 5.84 Å². The van der Waals surface area contributed by atoms with Crippen molar-refractivity contribution in [3.63, 3.8) is 0 Å². The van der Waals surface area contributed by atoms with Crippen LogP contribution in [0.15, 0.2) is 24.5 Å². The highest BCUT2D eigenvalue weighted by atomic mass is 15.3. The summed E-state index contributed by atoms with van der Waals surface area (Å²) in [6.45, 7) is 0. The standard InChI is InChI=1S/C7H7N5/c8-11-7-6-5(4-10-12-7)2-1-3-9-6/h1-4H,8H2,(H,11,12). The second kappa shape index (κ2) is 2.71. The summed E-state index contributed by atoms with van der Waals surface area (Å²) in [7, 11) is 0. The molecule has 0 fully saturated rings. The van der Waals surface area contributed by atoms with Crippen LogP contribution in [-0.2, 0) is 0 Å². The number of aromatic nitrogens is 3. The highest BCUT2D eigenvalue weighted by Crippen LogP contribution is 2.14. The Balaban J connectivity index is 2.79. The molecule has 2 rings (SSSR count). The van der Waals surface area contributed by atoms with E-state index in [0.29, 0.717) is 5.82 Å². The fourth-order valence-electron chi connectivity index (χ4n) is 1.01. The first-order valence-electron chi connectivity index (χ1n) is 3.45. The van der Waals surface area contributed by atoms with Crippen molar-refractivity contribution in [1.29, 1.82) is 0 Å². The fourth-order valence-corrected chi connectivity index (χ4v) is 1.01. The minimum Gasteiger partial charge on any atom is -0.305 e. The summed E-state index contributed by atoms with van der Waals surface area (Å²) in [6, 6.07) is 3.74. The number of hydrogen-bond donors (Lipinski definition) is 2. The minimum absolute atomic E-state index is 0.494. The van der Waals surface area contributed by atoms with E-state index in [-0.39, 0.29) is 0 Å². The molecule has 0 bridgehead atoms. The van der Waals surface area contributed by atoms with Crippen LogP contribution in [0.3, 0.4) is 0 Å². The molecule has 0 aliphatic rings. The van der Waals surface area contributed by atoms with Crippen molar-refractivity contribution in [2.45, 2.75) is 0 Å². The average Bonchev–Trinajstić information content (AvgIpc) is 2.17. The van der Waals surface area contributed by atoms with Gasteiger partial charge in [0.2, 0.25) is 0 Å². The van der Waals surface area contributed by atoms with Crippen molar-refractivity contribution in [3.05, 3.63) is 24.5 Å². The number of nitrogen functional groups attached to an aromatic ring is 1. The minimum atomic E-state index is 0.494. The zero-order valence-corrected chi connectivity index (χ0v) is 6.23. The first-order chi connectivity index (χ1) is 5.92. The van der Waals surface area contributed by atoms with E-state index in [1.165, 1.54) is 0 Å². The number of anilines is 1. The van der Waals surface area contributed by atoms with Crippen LogP contribution in [0.25, 0.3) is 10.9 Å². The lowest BCUT2D eigenvalue weighted by molar-refractivity contribution is 1.03. The van der Waals surface area contributed by atoms with Gasteiger partial charge in [0, 0.05) is 11.6 Å². The first-order valence-corrected chi connectivity index (χ1v) is 3.45. The topological polar surface area (TPSA) is 76.7 Å². The van der Waals surface area contributed by atoms with Crippen LogP contribution in [0.1, 0.15) is 0 Å². The number of nitrogens with two attached hydrogens (primary N) is 1. The molecule has 0 unspecified atom stereocenters. The largest absolute Gasteiger partial charge is 0.305 e. The van der Waals surface area contributed by atoms with E-state index in [1.807, 2.05) is 12.1 Å². The third-order valence-corrected chi connectivity index (χ3v) is 1.55. The lowest BCUT2D eigenvalue weighted by atomic mass is 10.3. The van der Waals surface area contributed by atoms with Crippen molar-refractivity contribution in [2.75, 3.05) is 5.43 Å². The van der Waals surface area contributed by atoms with Gasteiger partial charge in [-0.15, -0.1) is 5.10 Å². The van der Waals surface area contributed by atoms with Gasteiger partial charge in [0.15, 0.2) is 5.82 Å². The molecule has 3 N–H and O–H groups in total. The van der Waals surface area contributed by atoms with Crippen LogP contribution in [-0.4, -0.2) is 15.2 Å². The predicted molar refractivity (Wildman–Crippen MR) is 45.1 cm³/mol. The predicted octanol–water partition coefficient (Wildman–Crippen LogP) is 0.310. The van der Waals surface area contributed by atoms with E-state index in [0.717, 1.165) is 10.9 Å². The number of nitrogens with one attached hydrogen (secondary N) is 1. The second-order valence-corrected chi connectivity index (χ2v) is 2.28. The summed E-state index contributed by atoms with van der Waals surface area (Å²) < 4.78 is 0. The molecule has 12 heavy (non-hydrogen) atoms. The number of hydrazine groups is 1. The maximum atomic E-state index is 5.22. The lowest BCUT2D eigenvalue weighted by Gasteiger charge is -2.00. The number of pyridine rings is 1. The van der Waals surface area contributed by atoms with Gasteiger partial charge in [0.05, 0.1) is 6.20 Å². The zero-order valence-electron chi connectivity index (χ0n) is 6.23. The molecule has 0 aliphatic carbocycles. The van der Waals surface area contributed by atoms with Crippen LogP contribution in [0.4, 0.5) is 5.82 Å². The summed E-state index contributed by atoms with van der Waals surface area (Å²) in [5.41, 5.74) is 3.17. The molecule has 60 valence electrons. The molecule has 0 radical (unpaired) electrons. The highest BCUT2D eigenvalue weighted by molar-refractivity contribution is 5.86. The molecule has 0 aromatic carbocycles. The van der Waals surface area contributed by atoms with Crippen molar-refractivity contribution in [2.24, 2.45) is 5.84 Å². The summed E-state index contributed by atoms with van der Waals surface area (Å²) in [5.74, 6) is 5.72. The highest BCUT2D eigenvalue weighted by Gasteiger charge is 2.00. The van der Waals surface area contributed by atoms with Gasteiger partial charge >= 0.3 is 0 Å². The molecule has 2 aromatic rings. The Morgan fingerprint density at radius 3 is 3.17 bits per heavy atom. The Bertz CT molecular complexity index is 394. The van der Waals surface area contributed by atoms with Crippen LogP contribution >= 0.6 is 0 Å². The molecule has 0 saturated carbocycles. The van der Waals surface area contributed by atoms with Crippen molar-refractivity contribution < 1.29 is 0 Å². The van der Waals surface area contributed by atoms with Gasteiger partial charge in [0.1, 0.15) is 5.52 Å². The van der Waals surface area contributed by atoms with E-state index in [9.17, 15) is 0 Å². The molecule has 5 heteroatoms. The van der Waals surface area contributed by atoms with Gasteiger partial charge in [-0.25, -0.2) is 5.84 Å². The van der Waals surface area contributed by atoms with E-state index in [2.05, 4.69) is 20.6 Å².